The van der Waals surface area contributed by atoms with Gasteiger partial charge in [-0.25, -0.2) is 0 Å². The lowest BCUT2D eigenvalue weighted by Gasteiger charge is -2.21. The van der Waals surface area contributed by atoms with Gasteiger partial charge in [-0.15, -0.1) is 11.3 Å². The van der Waals surface area contributed by atoms with Gasteiger partial charge in [0, 0.05) is 11.5 Å². The van der Waals surface area contributed by atoms with E-state index in [1.807, 2.05) is 6.92 Å². The van der Waals surface area contributed by atoms with E-state index in [9.17, 15) is 4.79 Å². The Hall–Kier alpha value is -0.980. The Kier molecular flexibility index (Phi) is 3.71. The molecule has 2 aromatic heterocycles. The van der Waals surface area contributed by atoms with E-state index in [1.54, 1.807) is 15.9 Å². The smallest absolute Gasteiger partial charge is 0.263 e. The van der Waals surface area contributed by atoms with Crippen LogP contribution in [0.2, 0.25) is 0 Å². The molecule has 2 aliphatic rings. The summed E-state index contributed by atoms with van der Waals surface area (Å²) < 4.78 is 8.04. The molecule has 22 heavy (non-hydrogen) atoms. The maximum Gasteiger partial charge on any atom is 0.263 e. The lowest BCUT2D eigenvalue weighted by Crippen LogP contribution is -2.32. The molecule has 6 heteroatoms. The first kappa shape index (κ1) is 14.6. The largest absolute Gasteiger partial charge is 0.376 e. The summed E-state index contributed by atoms with van der Waals surface area (Å²) in [6, 6.07) is -0.0118. The maximum absolute atomic E-state index is 13.1. The maximum atomic E-state index is 13.1. The van der Waals surface area contributed by atoms with Crippen LogP contribution in [-0.2, 0) is 17.6 Å². The van der Waals surface area contributed by atoms with Crippen LogP contribution in [0.25, 0.3) is 10.2 Å². The zero-order valence-electron chi connectivity index (χ0n) is 12.7. The summed E-state index contributed by atoms with van der Waals surface area (Å²) in [7, 11) is 0. The molecule has 118 valence electrons. The normalized spacial score (nSPS) is 22.9. The molecule has 0 spiro atoms. The molecule has 0 amide bonds. The van der Waals surface area contributed by atoms with Crippen molar-refractivity contribution in [2.75, 3.05) is 6.61 Å². The Bertz CT molecular complexity index is 827. The summed E-state index contributed by atoms with van der Waals surface area (Å²) in [6.45, 7) is 2.84. The van der Waals surface area contributed by atoms with Crippen LogP contribution in [-0.4, -0.2) is 22.3 Å². The molecule has 1 aliphatic carbocycles. The lowest BCUT2D eigenvalue weighted by atomic mass is 9.97. The second-order valence-electron chi connectivity index (χ2n) is 6.31. The summed E-state index contributed by atoms with van der Waals surface area (Å²) in [5.41, 5.74) is 1.33. The number of hydrogen-bond donors (Lipinski definition) is 1. The van der Waals surface area contributed by atoms with Crippen LogP contribution in [0.3, 0.4) is 0 Å². The monoisotopic (exact) mass is 336 g/mol. The van der Waals surface area contributed by atoms with E-state index in [-0.39, 0.29) is 17.7 Å². The number of hydrogen-bond acceptors (Lipinski definition) is 4. The lowest BCUT2D eigenvalue weighted by molar-refractivity contribution is 0.0715. The Labute approximate surface area is 138 Å². The van der Waals surface area contributed by atoms with Gasteiger partial charge in [-0.3, -0.25) is 9.36 Å². The predicted octanol–water partition coefficient (Wildman–Crippen LogP) is 3.74. The molecule has 0 aromatic carbocycles. The van der Waals surface area contributed by atoms with Crippen molar-refractivity contribution in [1.82, 2.24) is 9.55 Å². The fraction of sp³-hybridized carbons (Fsp3) is 0.625. The third kappa shape index (κ3) is 2.20. The van der Waals surface area contributed by atoms with Crippen molar-refractivity contribution in [3.8, 4) is 0 Å². The summed E-state index contributed by atoms with van der Waals surface area (Å²) in [6.07, 6.45) is 6.67. The summed E-state index contributed by atoms with van der Waals surface area (Å²) in [5, 5.41) is 0.873. The molecule has 2 unspecified atom stereocenters. The van der Waals surface area contributed by atoms with E-state index in [2.05, 4.69) is 4.98 Å². The minimum Gasteiger partial charge on any atom is -0.376 e. The van der Waals surface area contributed by atoms with Crippen LogP contribution in [0.15, 0.2) is 4.79 Å². The van der Waals surface area contributed by atoms with Gasteiger partial charge in [0.15, 0.2) is 4.77 Å². The second kappa shape index (κ2) is 5.58. The molecule has 4 rings (SSSR count). The van der Waals surface area contributed by atoms with Crippen LogP contribution in [0.4, 0.5) is 0 Å². The predicted molar refractivity (Wildman–Crippen MR) is 91.6 cm³/mol. The van der Waals surface area contributed by atoms with Gasteiger partial charge < -0.3 is 9.72 Å². The molecular weight excluding hydrogens is 316 g/mol. The van der Waals surface area contributed by atoms with E-state index in [0.717, 1.165) is 42.5 Å². The number of aryl methyl sites for hydroxylation is 2. The quantitative estimate of drug-likeness (QED) is 0.850. The van der Waals surface area contributed by atoms with Crippen molar-refractivity contribution in [2.45, 2.75) is 57.6 Å². The van der Waals surface area contributed by atoms with Gasteiger partial charge in [0.1, 0.15) is 4.83 Å². The zero-order valence-corrected chi connectivity index (χ0v) is 14.3. The first-order valence-corrected chi connectivity index (χ1v) is 9.30. The van der Waals surface area contributed by atoms with Gasteiger partial charge in [0.25, 0.3) is 5.56 Å². The van der Waals surface area contributed by atoms with Crippen molar-refractivity contribution in [3.63, 3.8) is 0 Å². The molecule has 3 heterocycles. The van der Waals surface area contributed by atoms with Crippen molar-refractivity contribution in [3.05, 3.63) is 25.6 Å². The van der Waals surface area contributed by atoms with E-state index >= 15 is 0 Å². The van der Waals surface area contributed by atoms with Crippen molar-refractivity contribution in [1.29, 1.82) is 0 Å². The Balaban J connectivity index is 1.91. The average molecular weight is 336 g/mol. The first-order valence-electron chi connectivity index (χ1n) is 8.07. The topological polar surface area (TPSA) is 47.0 Å². The van der Waals surface area contributed by atoms with Crippen molar-refractivity contribution < 1.29 is 4.74 Å². The summed E-state index contributed by atoms with van der Waals surface area (Å²) in [4.78, 5) is 18.7. The number of ether oxygens (including phenoxy) is 1. The fourth-order valence-corrected chi connectivity index (χ4v) is 5.47. The van der Waals surface area contributed by atoms with Crippen LogP contribution >= 0.6 is 23.6 Å². The Morgan fingerprint density at radius 3 is 2.95 bits per heavy atom. The van der Waals surface area contributed by atoms with Crippen LogP contribution in [0.1, 0.15) is 49.1 Å². The number of rotatable bonds is 2. The number of fused-ring (bicyclic) bond motifs is 3. The zero-order chi connectivity index (χ0) is 15.3. The molecule has 4 nitrogen and oxygen atoms in total. The van der Waals surface area contributed by atoms with E-state index in [0.29, 0.717) is 4.77 Å². The highest BCUT2D eigenvalue weighted by atomic mass is 32.1. The molecule has 1 saturated heterocycles. The third-order valence-corrected chi connectivity index (χ3v) is 6.46. The number of nitrogens with zero attached hydrogens (tertiary/aromatic N) is 1. The van der Waals surface area contributed by atoms with Crippen LogP contribution in [0, 0.1) is 4.77 Å². The minimum atomic E-state index is -0.0118. The van der Waals surface area contributed by atoms with Crippen molar-refractivity contribution >= 4 is 33.8 Å². The first-order chi connectivity index (χ1) is 10.7. The Morgan fingerprint density at radius 1 is 1.36 bits per heavy atom. The number of aromatic nitrogens is 2. The van der Waals surface area contributed by atoms with Gasteiger partial charge in [-0.2, -0.15) is 0 Å². The SMILES string of the molecule is CC(C1CCCO1)n1c(=S)[nH]c2sc3c(c2c1=O)CCCC3. The second-order valence-corrected chi connectivity index (χ2v) is 7.80. The molecule has 0 saturated carbocycles. The molecule has 1 aliphatic heterocycles. The minimum absolute atomic E-state index is 0.0118. The van der Waals surface area contributed by atoms with E-state index in [1.165, 1.54) is 23.3 Å². The fourth-order valence-electron chi connectivity index (χ4n) is 3.77. The molecule has 0 radical (unpaired) electrons. The number of thiophene rings is 1. The highest BCUT2D eigenvalue weighted by Gasteiger charge is 2.27. The number of aromatic amines is 1. The highest BCUT2D eigenvalue weighted by molar-refractivity contribution is 7.71. The van der Waals surface area contributed by atoms with Crippen molar-refractivity contribution in [2.24, 2.45) is 0 Å². The third-order valence-electron chi connectivity index (χ3n) is 4.95. The molecule has 0 bridgehead atoms. The molecule has 2 atom stereocenters. The summed E-state index contributed by atoms with van der Waals surface area (Å²) >= 11 is 7.19. The number of nitrogens with one attached hydrogen (secondary N) is 1. The van der Waals surface area contributed by atoms with Gasteiger partial charge in [0.2, 0.25) is 0 Å². The highest BCUT2D eigenvalue weighted by Crippen LogP contribution is 2.34. The molecule has 1 fully saturated rings. The van der Waals surface area contributed by atoms with Crippen LogP contribution in [0.5, 0.6) is 0 Å². The molecule has 2 aromatic rings. The summed E-state index contributed by atoms with van der Waals surface area (Å²) in [5.74, 6) is 0. The average Bonchev–Trinajstić information content (AvgIpc) is 3.14. The number of H-pyrrole nitrogens is 1. The van der Waals surface area contributed by atoms with Crippen LogP contribution < -0.4 is 5.56 Å². The van der Waals surface area contributed by atoms with Gasteiger partial charge >= 0.3 is 0 Å². The van der Waals surface area contributed by atoms with E-state index < -0.39 is 0 Å². The molecule has 1 N–H and O–H groups in total. The molecular formula is C16H20N2O2S2. The van der Waals surface area contributed by atoms with E-state index in [4.69, 9.17) is 17.0 Å². The standard InChI is InChI=1S/C16H20N2O2S2/c1-9(11-6-4-8-20-11)18-15(19)13-10-5-2-3-7-12(10)22-14(13)17-16(18)21/h9,11H,2-8H2,1H3,(H,17,21). The van der Waals surface area contributed by atoms with Gasteiger partial charge in [-0.05, 0) is 63.2 Å². The van der Waals surface area contributed by atoms with Gasteiger partial charge in [-0.1, -0.05) is 0 Å². The Morgan fingerprint density at radius 2 is 2.18 bits per heavy atom. The van der Waals surface area contributed by atoms with Gasteiger partial charge in [0.05, 0.1) is 17.5 Å².